The van der Waals surface area contributed by atoms with Gasteiger partial charge in [0.15, 0.2) is 0 Å². The number of hydrogen-bond donors (Lipinski definition) is 2. The van der Waals surface area contributed by atoms with Crippen LogP contribution >= 0.6 is 0 Å². The smallest absolute Gasteiger partial charge is 0.253 e. The molecule has 1 aliphatic rings. The van der Waals surface area contributed by atoms with Gasteiger partial charge in [0.1, 0.15) is 0 Å². The first kappa shape index (κ1) is 12.9. The zero-order valence-electron chi connectivity index (χ0n) is 11.4. The monoisotopic (exact) mass is 246 g/mol. The zero-order valence-corrected chi connectivity index (χ0v) is 11.4. The van der Waals surface area contributed by atoms with E-state index in [0.717, 1.165) is 17.8 Å². The standard InChI is InChI=1S/C15H22N2O/c1-11(2)15(8-9-15)10-17-14(18)12-6-4-5-7-13(12)16-3/h4-7,11,16H,8-10H2,1-3H3,(H,17,18). The third-order valence-electron chi connectivity index (χ3n) is 4.16. The van der Waals surface area contributed by atoms with Crippen LogP contribution in [0.4, 0.5) is 5.69 Å². The van der Waals surface area contributed by atoms with Gasteiger partial charge < -0.3 is 10.6 Å². The molecular formula is C15H22N2O. The van der Waals surface area contributed by atoms with E-state index in [1.807, 2.05) is 31.3 Å². The number of carbonyl (C=O) groups excluding carboxylic acids is 1. The molecule has 1 aromatic rings. The summed E-state index contributed by atoms with van der Waals surface area (Å²) in [7, 11) is 1.84. The first-order chi connectivity index (χ1) is 8.59. The van der Waals surface area contributed by atoms with E-state index >= 15 is 0 Å². The van der Waals surface area contributed by atoms with Crippen LogP contribution in [0.5, 0.6) is 0 Å². The molecule has 1 aromatic carbocycles. The quantitative estimate of drug-likeness (QED) is 0.838. The van der Waals surface area contributed by atoms with Crippen molar-refractivity contribution in [2.45, 2.75) is 26.7 Å². The van der Waals surface area contributed by atoms with Gasteiger partial charge in [0, 0.05) is 19.3 Å². The minimum absolute atomic E-state index is 0.0203. The molecule has 0 unspecified atom stereocenters. The Bertz CT molecular complexity index is 436. The molecule has 0 radical (unpaired) electrons. The molecule has 1 saturated carbocycles. The molecule has 2 N–H and O–H groups in total. The maximum Gasteiger partial charge on any atom is 0.253 e. The third-order valence-corrected chi connectivity index (χ3v) is 4.16. The Morgan fingerprint density at radius 3 is 2.56 bits per heavy atom. The topological polar surface area (TPSA) is 41.1 Å². The highest BCUT2D eigenvalue weighted by molar-refractivity contribution is 5.99. The van der Waals surface area contributed by atoms with Crippen molar-refractivity contribution in [2.75, 3.05) is 18.9 Å². The highest BCUT2D eigenvalue weighted by Gasteiger charge is 2.45. The van der Waals surface area contributed by atoms with Crippen LogP contribution in [0.2, 0.25) is 0 Å². The van der Waals surface area contributed by atoms with Crippen molar-refractivity contribution in [2.24, 2.45) is 11.3 Å². The minimum atomic E-state index is 0.0203. The first-order valence-corrected chi connectivity index (χ1v) is 6.64. The lowest BCUT2D eigenvalue weighted by Gasteiger charge is -2.20. The van der Waals surface area contributed by atoms with Gasteiger partial charge in [-0.1, -0.05) is 26.0 Å². The summed E-state index contributed by atoms with van der Waals surface area (Å²) in [6.45, 7) is 5.27. The summed E-state index contributed by atoms with van der Waals surface area (Å²) in [6.07, 6.45) is 2.47. The van der Waals surface area contributed by atoms with E-state index in [1.54, 1.807) is 0 Å². The van der Waals surface area contributed by atoms with Crippen molar-refractivity contribution in [1.29, 1.82) is 0 Å². The highest BCUT2D eigenvalue weighted by atomic mass is 16.1. The number of hydrogen-bond acceptors (Lipinski definition) is 2. The van der Waals surface area contributed by atoms with Crippen molar-refractivity contribution >= 4 is 11.6 Å². The van der Waals surface area contributed by atoms with E-state index in [9.17, 15) is 4.79 Å². The molecule has 0 saturated heterocycles. The number of benzene rings is 1. The Morgan fingerprint density at radius 1 is 1.33 bits per heavy atom. The molecule has 0 aromatic heterocycles. The van der Waals surface area contributed by atoms with Gasteiger partial charge in [0.05, 0.1) is 5.56 Å². The number of amides is 1. The minimum Gasteiger partial charge on any atom is -0.387 e. The van der Waals surface area contributed by atoms with Gasteiger partial charge in [-0.15, -0.1) is 0 Å². The maximum absolute atomic E-state index is 12.2. The molecule has 1 fully saturated rings. The summed E-state index contributed by atoms with van der Waals surface area (Å²) in [6, 6.07) is 7.60. The normalized spacial score (nSPS) is 16.4. The number of para-hydroxylation sites is 1. The fourth-order valence-electron chi connectivity index (χ4n) is 2.37. The van der Waals surface area contributed by atoms with Crippen molar-refractivity contribution in [3.05, 3.63) is 29.8 Å². The molecule has 0 aliphatic heterocycles. The average molecular weight is 246 g/mol. The highest BCUT2D eigenvalue weighted by Crippen LogP contribution is 2.51. The van der Waals surface area contributed by atoms with E-state index in [1.165, 1.54) is 12.8 Å². The van der Waals surface area contributed by atoms with Crippen molar-refractivity contribution in [3.63, 3.8) is 0 Å². The zero-order chi connectivity index (χ0) is 13.2. The third kappa shape index (κ3) is 2.50. The summed E-state index contributed by atoms with van der Waals surface area (Å²) in [5.74, 6) is 0.657. The summed E-state index contributed by atoms with van der Waals surface area (Å²) in [5.41, 5.74) is 1.95. The SMILES string of the molecule is CNc1ccccc1C(=O)NCC1(C(C)C)CC1. The van der Waals surface area contributed by atoms with E-state index in [4.69, 9.17) is 0 Å². The van der Waals surface area contributed by atoms with Crippen molar-refractivity contribution in [1.82, 2.24) is 5.32 Å². The lowest BCUT2D eigenvalue weighted by molar-refractivity contribution is 0.0940. The van der Waals surface area contributed by atoms with Crippen LogP contribution in [0, 0.1) is 11.3 Å². The largest absolute Gasteiger partial charge is 0.387 e. The lowest BCUT2D eigenvalue weighted by atomic mass is 9.92. The second-order valence-electron chi connectivity index (χ2n) is 5.50. The van der Waals surface area contributed by atoms with Gasteiger partial charge in [-0.05, 0) is 36.3 Å². The molecule has 0 spiro atoms. The fourth-order valence-corrected chi connectivity index (χ4v) is 2.37. The summed E-state index contributed by atoms with van der Waals surface area (Å²) in [4.78, 5) is 12.2. The Labute approximate surface area is 109 Å². The van der Waals surface area contributed by atoms with Crippen LogP contribution in [-0.2, 0) is 0 Å². The molecule has 0 heterocycles. The fraction of sp³-hybridized carbons (Fsp3) is 0.533. The molecule has 1 amide bonds. The van der Waals surface area contributed by atoms with E-state index in [0.29, 0.717) is 11.3 Å². The van der Waals surface area contributed by atoms with Crippen LogP contribution in [0.3, 0.4) is 0 Å². The van der Waals surface area contributed by atoms with Crippen LogP contribution in [-0.4, -0.2) is 19.5 Å². The van der Waals surface area contributed by atoms with Crippen LogP contribution in [0.15, 0.2) is 24.3 Å². The Morgan fingerprint density at radius 2 is 2.00 bits per heavy atom. The summed E-state index contributed by atoms with van der Waals surface area (Å²) < 4.78 is 0. The van der Waals surface area contributed by atoms with Gasteiger partial charge in [0.2, 0.25) is 0 Å². The second-order valence-corrected chi connectivity index (χ2v) is 5.50. The van der Waals surface area contributed by atoms with Crippen LogP contribution in [0.25, 0.3) is 0 Å². The second kappa shape index (κ2) is 5.01. The maximum atomic E-state index is 12.2. The van der Waals surface area contributed by atoms with Gasteiger partial charge in [-0.3, -0.25) is 4.79 Å². The molecule has 1 aliphatic carbocycles. The molecule has 98 valence electrons. The van der Waals surface area contributed by atoms with Crippen LogP contribution in [0.1, 0.15) is 37.0 Å². The van der Waals surface area contributed by atoms with Gasteiger partial charge in [0.25, 0.3) is 5.91 Å². The molecule has 3 nitrogen and oxygen atoms in total. The lowest BCUT2D eigenvalue weighted by Crippen LogP contribution is -2.32. The molecule has 3 heteroatoms. The van der Waals surface area contributed by atoms with E-state index in [-0.39, 0.29) is 5.91 Å². The van der Waals surface area contributed by atoms with E-state index in [2.05, 4.69) is 24.5 Å². The van der Waals surface area contributed by atoms with Crippen LogP contribution < -0.4 is 10.6 Å². The number of nitrogens with one attached hydrogen (secondary N) is 2. The predicted molar refractivity (Wildman–Crippen MR) is 74.8 cm³/mol. The first-order valence-electron chi connectivity index (χ1n) is 6.64. The van der Waals surface area contributed by atoms with Crippen molar-refractivity contribution < 1.29 is 4.79 Å². The van der Waals surface area contributed by atoms with E-state index < -0.39 is 0 Å². The summed E-state index contributed by atoms with van der Waals surface area (Å²) >= 11 is 0. The molecular weight excluding hydrogens is 224 g/mol. The Hall–Kier alpha value is -1.51. The predicted octanol–water partition coefficient (Wildman–Crippen LogP) is 2.89. The number of rotatable bonds is 5. The Balaban J connectivity index is 2.00. The summed E-state index contributed by atoms with van der Waals surface area (Å²) in [5, 5.41) is 6.13. The Kier molecular flexibility index (Phi) is 3.60. The van der Waals surface area contributed by atoms with Gasteiger partial charge >= 0.3 is 0 Å². The molecule has 2 rings (SSSR count). The van der Waals surface area contributed by atoms with Crippen molar-refractivity contribution in [3.8, 4) is 0 Å². The van der Waals surface area contributed by atoms with Gasteiger partial charge in [-0.25, -0.2) is 0 Å². The number of carbonyl (C=O) groups is 1. The van der Waals surface area contributed by atoms with Gasteiger partial charge in [-0.2, -0.15) is 0 Å². The molecule has 0 bridgehead atoms. The average Bonchev–Trinajstić information content (AvgIpc) is 3.17. The number of anilines is 1. The molecule has 0 atom stereocenters. The molecule has 18 heavy (non-hydrogen) atoms.